The van der Waals surface area contributed by atoms with Crippen LogP contribution in [0.1, 0.15) is 52.0 Å². The summed E-state index contributed by atoms with van der Waals surface area (Å²) in [5.41, 5.74) is -0.983. The van der Waals surface area contributed by atoms with Gasteiger partial charge in [-0.15, -0.1) is 0 Å². The quantitative estimate of drug-likeness (QED) is 0.866. The summed E-state index contributed by atoms with van der Waals surface area (Å²) in [5.74, 6) is -0.252. The lowest BCUT2D eigenvalue weighted by Gasteiger charge is -2.35. The Morgan fingerprint density at radius 2 is 1.87 bits per heavy atom. The number of nitrogens with one attached hydrogen (secondary N) is 2. The summed E-state index contributed by atoms with van der Waals surface area (Å²) in [4.78, 5) is 32.0. The second-order valence-electron chi connectivity index (χ2n) is 6.97. The fraction of sp³-hybridized carbons (Fsp3) is 0.625. The smallest absolute Gasteiger partial charge is 0.407 e. The third-order valence-electron chi connectivity index (χ3n) is 3.47. The molecule has 1 atom stereocenters. The topological polar surface area (TPSA) is 93.2 Å². The van der Waals surface area contributed by atoms with Crippen LogP contribution in [0.4, 0.5) is 4.79 Å². The molecule has 2 amide bonds. The maximum absolute atomic E-state index is 12.3. The van der Waals surface area contributed by atoms with Gasteiger partial charge in [0.15, 0.2) is 0 Å². The molecule has 0 bridgehead atoms. The summed E-state index contributed by atoms with van der Waals surface area (Å²) in [6, 6.07) is 0. The molecule has 1 aromatic rings. The molecule has 1 aromatic heterocycles. The number of carbonyl (C=O) groups is 2. The van der Waals surface area contributed by atoms with Gasteiger partial charge in [-0.25, -0.2) is 9.78 Å². The highest BCUT2D eigenvalue weighted by Crippen LogP contribution is 2.17. The van der Waals surface area contributed by atoms with Crippen LogP contribution < -0.4 is 10.6 Å². The largest absolute Gasteiger partial charge is 0.444 e. The Kier molecular flexibility index (Phi) is 6.06. The van der Waals surface area contributed by atoms with E-state index in [1.54, 1.807) is 20.8 Å². The van der Waals surface area contributed by atoms with Crippen molar-refractivity contribution in [2.45, 2.75) is 52.7 Å². The lowest BCUT2D eigenvalue weighted by atomic mass is 9.88. The van der Waals surface area contributed by atoms with Gasteiger partial charge in [0.1, 0.15) is 11.3 Å². The zero-order valence-corrected chi connectivity index (χ0v) is 14.6. The van der Waals surface area contributed by atoms with E-state index in [0.717, 1.165) is 0 Å². The first-order chi connectivity index (χ1) is 10.5. The van der Waals surface area contributed by atoms with Crippen molar-refractivity contribution < 1.29 is 14.3 Å². The minimum atomic E-state index is -0.647. The van der Waals surface area contributed by atoms with Gasteiger partial charge < -0.3 is 15.4 Å². The van der Waals surface area contributed by atoms with Gasteiger partial charge in [-0.05, 0) is 33.6 Å². The highest BCUT2D eigenvalue weighted by atomic mass is 16.6. The fourth-order valence-corrected chi connectivity index (χ4v) is 1.70. The van der Waals surface area contributed by atoms with Crippen molar-refractivity contribution in [1.82, 2.24) is 20.6 Å². The molecule has 0 unspecified atom stereocenters. The van der Waals surface area contributed by atoms with Gasteiger partial charge in [0, 0.05) is 18.9 Å². The second kappa shape index (κ2) is 7.39. The van der Waals surface area contributed by atoms with Crippen molar-refractivity contribution in [2.75, 3.05) is 6.54 Å². The van der Waals surface area contributed by atoms with E-state index in [0.29, 0.717) is 0 Å². The zero-order chi connectivity index (χ0) is 17.7. The number of hydrogen-bond acceptors (Lipinski definition) is 5. The summed E-state index contributed by atoms with van der Waals surface area (Å²) in [5, 5.41) is 5.62. The number of ether oxygens (including phenoxy) is 1. The minimum absolute atomic E-state index is 0.0815. The SMILES string of the molecule is CC(C)[C@](C)(CNC(=O)OC(C)(C)C)NC(=O)c1cnccn1. The Bertz CT molecular complexity index is 540. The molecule has 0 fully saturated rings. The molecule has 1 rings (SSSR count). The molecule has 2 N–H and O–H groups in total. The van der Waals surface area contributed by atoms with Crippen LogP contribution in [0.15, 0.2) is 18.6 Å². The number of alkyl carbamates (subject to hydrolysis) is 1. The van der Waals surface area contributed by atoms with Crippen molar-refractivity contribution in [3.8, 4) is 0 Å². The van der Waals surface area contributed by atoms with Crippen molar-refractivity contribution in [2.24, 2.45) is 5.92 Å². The molecule has 0 saturated heterocycles. The van der Waals surface area contributed by atoms with E-state index in [2.05, 4.69) is 20.6 Å². The molecule has 7 heteroatoms. The average molecular weight is 322 g/mol. The van der Waals surface area contributed by atoms with Crippen LogP contribution >= 0.6 is 0 Å². The molecule has 7 nitrogen and oxygen atoms in total. The van der Waals surface area contributed by atoms with Crippen LogP contribution in [0.25, 0.3) is 0 Å². The van der Waals surface area contributed by atoms with Gasteiger partial charge in [0.2, 0.25) is 0 Å². The highest BCUT2D eigenvalue weighted by molar-refractivity contribution is 5.92. The van der Waals surface area contributed by atoms with E-state index in [1.165, 1.54) is 18.6 Å². The summed E-state index contributed by atoms with van der Waals surface area (Å²) < 4.78 is 5.22. The maximum Gasteiger partial charge on any atom is 0.407 e. The monoisotopic (exact) mass is 322 g/mol. The number of hydrogen-bond donors (Lipinski definition) is 2. The molecule has 0 aromatic carbocycles. The van der Waals surface area contributed by atoms with E-state index in [4.69, 9.17) is 4.74 Å². The Morgan fingerprint density at radius 3 is 2.35 bits per heavy atom. The molecule has 0 radical (unpaired) electrons. The van der Waals surface area contributed by atoms with Crippen LogP contribution in [-0.2, 0) is 4.74 Å². The summed E-state index contributed by atoms with van der Waals surface area (Å²) in [6.07, 6.45) is 3.85. The van der Waals surface area contributed by atoms with Crippen molar-refractivity contribution in [1.29, 1.82) is 0 Å². The van der Waals surface area contributed by atoms with Crippen LogP contribution in [0.3, 0.4) is 0 Å². The summed E-state index contributed by atoms with van der Waals surface area (Å²) >= 11 is 0. The zero-order valence-electron chi connectivity index (χ0n) is 14.6. The Morgan fingerprint density at radius 1 is 1.22 bits per heavy atom. The Labute approximate surface area is 137 Å². The van der Waals surface area contributed by atoms with E-state index < -0.39 is 17.2 Å². The third kappa shape index (κ3) is 6.22. The normalized spacial score (nSPS) is 14.0. The highest BCUT2D eigenvalue weighted by Gasteiger charge is 2.32. The third-order valence-corrected chi connectivity index (χ3v) is 3.47. The first-order valence-corrected chi connectivity index (χ1v) is 7.59. The van der Waals surface area contributed by atoms with Gasteiger partial charge >= 0.3 is 6.09 Å². The van der Waals surface area contributed by atoms with Gasteiger partial charge in [-0.2, -0.15) is 0 Å². The van der Waals surface area contributed by atoms with Crippen LogP contribution in [-0.4, -0.2) is 39.7 Å². The van der Waals surface area contributed by atoms with Crippen LogP contribution in [0, 0.1) is 5.92 Å². The van der Waals surface area contributed by atoms with Crippen molar-refractivity contribution in [3.63, 3.8) is 0 Å². The van der Waals surface area contributed by atoms with E-state index in [-0.39, 0.29) is 24.1 Å². The standard InChI is InChI=1S/C16H26N4O3/c1-11(2)16(6,10-19-14(22)23-15(3,4)5)20-13(21)12-9-17-7-8-18-12/h7-9,11H,10H2,1-6H3,(H,19,22)(H,20,21)/t16-/m0/s1. The van der Waals surface area contributed by atoms with E-state index >= 15 is 0 Å². The van der Waals surface area contributed by atoms with Gasteiger partial charge in [0.05, 0.1) is 11.7 Å². The van der Waals surface area contributed by atoms with Gasteiger partial charge in [-0.3, -0.25) is 9.78 Å². The Balaban J connectivity index is 2.72. The number of aromatic nitrogens is 2. The molecule has 0 saturated carbocycles. The number of rotatable bonds is 5. The molecule has 23 heavy (non-hydrogen) atoms. The fourth-order valence-electron chi connectivity index (χ4n) is 1.70. The molecule has 1 heterocycles. The van der Waals surface area contributed by atoms with E-state index in [9.17, 15) is 9.59 Å². The Hall–Kier alpha value is -2.18. The van der Waals surface area contributed by atoms with Crippen molar-refractivity contribution in [3.05, 3.63) is 24.3 Å². The lowest BCUT2D eigenvalue weighted by Crippen LogP contribution is -2.57. The molecular weight excluding hydrogens is 296 g/mol. The molecular formula is C16H26N4O3. The number of nitrogens with zero attached hydrogens (tertiary/aromatic N) is 2. The molecule has 0 aliphatic rings. The predicted octanol–water partition coefficient (Wildman–Crippen LogP) is 2.15. The average Bonchev–Trinajstić information content (AvgIpc) is 2.44. The van der Waals surface area contributed by atoms with Crippen LogP contribution in [0.2, 0.25) is 0 Å². The first-order valence-electron chi connectivity index (χ1n) is 7.59. The number of amides is 2. The summed E-state index contributed by atoms with van der Waals surface area (Å²) in [7, 11) is 0. The molecule has 128 valence electrons. The lowest BCUT2D eigenvalue weighted by molar-refractivity contribution is 0.0497. The predicted molar refractivity (Wildman–Crippen MR) is 87.0 cm³/mol. The number of carbonyl (C=O) groups excluding carboxylic acids is 2. The minimum Gasteiger partial charge on any atom is -0.444 e. The van der Waals surface area contributed by atoms with Crippen molar-refractivity contribution >= 4 is 12.0 Å². The van der Waals surface area contributed by atoms with E-state index in [1.807, 2.05) is 20.8 Å². The first kappa shape index (κ1) is 18.9. The molecule has 0 aliphatic carbocycles. The van der Waals surface area contributed by atoms with Gasteiger partial charge in [0.25, 0.3) is 5.91 Å². The van der Waals surface area contributed by atoms with Crippen LogP contribution in [0.5, 0.6) is 0 Å². The summed E-state index contributed by atoms with van der Waals surface area (Å²) in [6.45, 7) is 11.4. The molecule has 0 aliphatic heterocycles. The second-order valence-corrected chi connectivity index (χ2v) is 6.97. The maximum atomic E-state index is 12.3. The van der Waals surface area contributed by atoms with Gasteiger partial charge in [-0.1, -0.05) is 13.8 Å². The molecule has 0 spiro atoms.